The molecule has 0 unspecified atom stereocenters. The molecule has 0 saturated carbocycles. The average Bonchev–Trinajstić information content (AvgIpc) is 2.42. The van der Waals surface area contributed by atoms with Crippen molar-refractivity contribution in [2.24, 2.45) is 5.92 Å². The maximum Gasteiger partial charge on any atom is 0.320 e. The Morgan fingerprint density at radius 1 is 1.00 bits per heavy atom. The summed E-state index contributed by atoms with van der Waals surface area (Å²) in [6.45, 7) is 6.09. The molecule has 114 valence electrons. The number of allylic oxidation sites excluding steroid dienone is 1. The third-order valence-corrected chi connectivity index (χ3v) is 2.68. The second-order valence-electron chi connectivity index (χ2n) is 4.36. The minimum atomic E-state index is -0.883. The number of hydrogen-bond acceptors (Lipinski definition) is 4. The Balaban J connectivity index is 4.38. The van der Waals surface area contributed by atoms with Crippen LogP contribution in [0.15, 0.2) is 17.9 Å². The van der Waals surface area contributed by atoms with Gasteiger partial charge in [0.05, 0.1) is 13.2 Å². The van der Waals surface area contributed by atoms with Crippen LogP contribution in [-0.4, -0.2) is 25.2 Å². The zero-order chi connectivity index (χ0) is 15.2. The van der Waals surface area contributed by atoms with Crippen molar-refractivity contribution in [2.45, 2.75) is 52.9 Å². The lowest BCUT2D eigenvalue weighted by Crippen LogP contribution is -2.27. The molecule has 0 amide bonds. The maximum atomic E-state index is 11.7. The lowest BCUT2D eigenvalue weighted by Gasteiger charge is -2.11. The summed E-state index contributed by atoms with van der Waals surface area (Å²) in [5, 5.41) is 0. The Hall–Kier alpha value is -1.54. The minimum absolute atomic E-state index is 0.255. The Labute approximate surface area is 121 Å². The van der Waals surface area contributed by atoms with Gasteiger partial charge in [0.2, 0.25) is 0 Å². The molecule has 0 aliphatic heterocycles. The highest BCUT2D eigenvalue weighted by atomic mass is 16.6. The molecule has 4 nitrogen and oxygen atoms in total. The van der Waals surface area contributed by atoms with Crippen molar-refractivity contribution in [3.63, 3.8) is 0 Å². The molecule has 0 rings (SSSR count). The first-order chi connectivity index (χ1) is 9.67. The van der Waals surface area contributed by atoms with Gasteiger partial charge in [-0.25, -0.2) is 0 Å². The Bertz CT molecular complexity index is 322. The van der Waals surface area contributed by atoms with Crippen molar-refractivity contribution in [2.75, 3.05) is 13.2 Å². The van der Waals surface area contributed by atoms with Crippen LogP contribution >= 0.6 is 0 Å². The first-order valence-electron chi connectivity index (χ1n) is 7.39. The van der Waals surface area contributed by atoms with Gasteiger partial charge in [-0.2, -0.15) is 0 Å². The molecule has 4 heteroatoms. The number of ether oxygens (including phenoxy) is 2. The molecule has 0 aromatic heterocycles. The molecule has 0 spiro atoms. The van der Waals surface area contributed by atoms with E-state index in [-0.39, 0.29) is 19.6 Å². The van der Waals surface area contributed by atoms with Gasteiger partial charge in [-0.3, -0.25) is 9.59 Å². The van der Waals surface area contributed by atoms with Crippen molar-refractivity contribution < 1.29 is 19.1 Å². The van der Waals surface area contributed by atoms with Crippen LogP contribution < -0.4 is 0 Å². The highest BCUT2D eigenvalue weighted by Crippen LogP contribution is 2.10. The van der Waals surface area contributed by atoms with Crippen molar-refractivity contribution in [3.8, 4) is 0 Å². The lowest BCUT2D eigenvalue weighted by molar-refractivity contribution is -0.161. The topological polar surface area (TPSA) is 52.6 Å². The van der Waals surface area contributed by atoms with E-state index in [4.69, 9.17) is 9.47 Å². The predicted octanol–water partition coefficient (Wildman–Crippen LogP) is 3.41. The Morgan fingerprint density at radius 3 is 2.10 bits per heavy atom. The van der Waals surface area contributed by atoms with Gasteiger partial charge in [0, 0.05) is 0 Å². The van der Waals surface area contributed by atoms with Crippen molar-refractivity contribution in [1.29, 1.82) is 0 Å². The van der Waals surface area contributed by atoms with Gasteiger partial charge >= 0.3 is 11.9 Å². The summed E-state index contributed by atoms with van der Waals surface area (Å²) in [6, 6.07) is 0. The molecule has 20 heavy (non-hydrogen) atoms. The molecule has 0 heterocycles. The fraction of sp³-hybridized carbons (Fsp3) is 0.688. The van der Waals surface area contributed by atoms with Crippen molar-refractivity contribution in [3.05, 3.63) is 17.9 Å². The van der Waals surface area contributed by atoms with Crippen LogP contribution in [0.1, 0.15) is 52.9 Å². The fourth-order valence-corrected chi connectivity index (χ4v) is 1.62. The van der Waals surface area contributed by atoms with Crippen LogP contribution in [0.5, 0.6) is 0 Å². The first-order valence-corrected chi connectivity index (χ1v) is 7.39. The number of carbonyl (C=O) groups is 2. The molecule has 0 saturated heterocycles. The molecule has 0 aliphatic carbocycles. The van der Waals surface area contributed by atoms with Gasteiger partial charge in [-0.05, 0) is 45.3 Å². The number of carbonyl (C=O) groups excluding carboxylic acids is 2. The van der Waals surface area contributed by atoms with Gasteiger partial charge in [0.15, 0.2) is 5.92 Å². The van der Waals surface area contributed by atoms with Crippen molar-refractivity contribution >= 4 is 11.9 Å². The first kappa shape index (κ1) is 18.5. The summed E-state index contributed by atoms with van der Waals surface area (Å²) in [6.07, 6.45) is 8.39. The molecule has 0 bridgehead atoms. The molecule has 0 aliphatic rings. The van der Waals surface area contributed by atoms with Gasteiger partial charge in [0.1, 0.15) is 0 Å². The van der Waals surface area contributed by atoms with Gasteiger partial charge < -0.3 is 9.47 Å². The second kappa shape index (κ2) is 12.5. The number of esters is 2. The maximum absolute atomic E-state index is 11.7. The number of rotatable bonds is 10. The molecular weight excluding hydrogens is 256 g/mol. The summed E-state index contributed by atoms with van der Waals surface area (Å²) < 4.78 is 9.77. The number of unbranched alkanes of at least 4 members (excludes halogenated alkanes) is 3. The van der Waals surface area contributed by atoms with Crippen LogP contribution in [0, 0.1) is 5.92 Å². The molecule has 0 aromatic carbocycles. The third kappa shape index (κ3) is 8.54. The summed E-state index contributed by atoms with van der Waals surface area (Å²) in [5.41, 5.74) is 3.00. The quantitative estimate of drug-likeness (QED) is 0.267. The standard InChI is InChI=1S/C16H26O4/c1-4-7-8-9-10-11-12-13-14(15(17)19-5-2)16(18)20-6-3/h10,12,14H,4-9,13H2,1-3H3. The Morgan fingerprint density at radius 2 is 1.60 bits per heavy atom. The SMILES string of the molecule is CCCCCC=C=CCC(C(=O)OCC)C(=O)OCC. The highest BCUT2D eigenvalue weighted by Gasteiger charge is 2.28. The third-order valence-electron chi connectivity index (χ3n) is 2.68. The van der Waals surface area contributed by atoms with Crippen LogP contribution in [0.3, 0.4) is 0 Å². The fourth-order valence-electron chi connectivity index (χ4n) is 1.62. The Kier molecular flexibility index (Phi) is 11.5. The predicted molar refractivity (Wildman–Crippen MR) is 78.2 cm³/mol. The monoisotopic (exact) mass is 282 g/mol. The summed E-state index contributed by atoms with van der Waals surface area (Å²) in [5.74, 6) is -1.95. The highest BCUT2D eigenvalue weighted by molar-refractivity contribution is 5.95. The van der Waals surface area contributed by atoms with E-state index in [1.807, 2.05) is 6.08 Å². The van der Waals surface area contributed by atoms with E-state index in [0.717, 1.165) is 12.8 Å². The van der Waals surface area contributed by atoms with Crippen LogP contribution in [0.2, 0.25) is 0 Å². The smallest absolute Gasteiger partial charge is 0.320 e. The van der Waals surface area contributed by atoms with E-state index in [1.54, 1.807) is 19.9 Å². The second-order valence-corrected chi connectivity index (χ2v) is 4.36. The summed E-state index contributed by atoms with van der Waals surface area (Å²) >= 11 is 0. The molecule has 0 atom stereocenters. The number of hydrogen-bond donors (Lipinski definition) is 0. The van der Waals surface area contributed by atoms with Gasteiger partial charge in [-0.15, -0.1) is 5.73 Å². The minimum Gasteiger partial charge on any atom is -0.465 e. The van der Waals surface area contributed by atoms with Gasteiger partial charge in [-0.1, -0.05) is 19.8 Å². The van der Waals surface area contributed by atoms with Crippen molar-refractivity contribution in [1.82, 2.24) is 0 Å². The van der Waals surface area contributed by atoms with Crippen LogP contribution in [-0.2, 0) is 19.1 Å². The summed E-state index contributed by atoms with van der Waals surface area (Å²) in [7, 11) is 0. The summed E-state index contributed by atoms with van der Waals surface area (Å²) in [4.78, 5) is 23.4. The van der Waals surface area contributed by atoms with Crippen LogP contribution in [0.4, 0.5) is 0 Å². The normalized spacial score (nSPS) is 9.80. The van der Waals surface area contributed by atoms with E-state index in [1.165, 1.54) is 12.8 Å². The van der Waals surface area contributed by atoms with E-state index in [2.05, 4.69) is 12.7 Å². The molecular formula is C16H26O4. The molecule has 0 N–H and O–H groups in total. The van der Waals surface area contributed by atoms with E-state index in [0.29, 0.717) is 0 Å². The van der Waals surface area contributed by atoms with E-state index >= 15 is 0 Å². The largest absolute Gasteiger partial charge is 0.465 e. The molecule has 0 aromatic rings. The van der Waals surface area contributed by atoms with E-state index in [9.17, 15) is 9.59 Å². The van der Waals surface area contributed by atoms with Crippen LogP contribution in [0.25, 0.3) is 0 Å². The molecule has 0 fully saturated rings. The van der Waals surface area contributed by atoms with Gasteiger partial charge in [0.25, 0.3) is 0 Å². The lowest BCUT2D eigenvalue weighted by atomic mass is 10.1. The zero-order valence-corrected chi connectivity index (χ0v) is 12.8. The molecule has 0 radical (unpaired) electrons. The zero-order valence-electron chi connectivity index (χ0n) is 12.8. The van der Waals surface area contributed by atoms with E-state index < -0.39 is 17.9 Å². The average molecular weight is 282 g/mol.